The van der Waals surface area contributed by atoms with Crippen molar-refractivity contribution in [3.63, 3.8) is 0 Å². The number of nitrogens with zero attached hydrogens (tertiary/aromatic N) is 1. The summed E-state index contributed by atoms with van der Waals surface area (Å²) in [4.78, 5) is 0.309. The van der Waals surface area contributed by atoms with Gasteiger partial charge in [-0.3, -0.25) is 0 Å². The van der Waals surface area contributed by atoms with Crippen LogP contribution in [0.1, 0.15) is 12.0 Å². The van der Waals surface area contributed by atoms with E-state index in [0.717, 1.165) is 11.1 Å². The SMILES string of the molecule is COCC1=CCN(S(=O)(=O)c2cccc(CN)c2)CC1. The minimum atomic E-state index is -3.44. The largest absolute Gasteiger partial charge is 0.380 e. The van der Waals surface area contributed by atoms with Gasteiger partial charge >= 0.3 is 0 Å². The molecular weight excluding hydrogens is 276 g/mol. The monoisotopic (exact) mass is 296 g/mol. The van der Waals surface area contributed by atoms with Crippen LogP contribution in [0, 0.1) is 0 Å². The number of rotatable bonds is 5. The molecule has 110 valence electrons. The highest BCUT2D eigenvalue weighted by atomic mass is 32.2. The minimum Gasteiger partial charge on any atom is -0.380 e. The third kappa shape index (κ3) is 3.27. The molecule has 5 nitrogen and oxygen atoms in total. The molecular formula is C14H20N2O3S. The highest BCUT2D eigenvalue weighted by Gasteiger charge is 2.26. The first-order valence-electron chi connectivity index (χ1n) is 6.54. The van der Waals surface area contributed by atoms with Crippen LogP contribution in [0.15, 0.2) is 40.8 Å². The standard InChI is InChI=1S/C14H20N2O3S/c1-19-11-12-5-7-16(8-6-12)20(17,18)14-4-2-3-13(9-14)10-15/h2-5,9H,6-8,10-11,15H2,1H3. The van der Waals surface area contributed by atoms with E-state index < -0.39 is 10.0 Å². The summed E-state index contributed by atoms with van der Waals surface area (Å²) >= 11 is 0. The lowest BCUT2D eigenvalue weighted by Gasteiger charge is -2.25. The van der Waals surface area contributed by atoms with Gasteiger partial charge in [0.2, 0.25) is 10.0 Å². The van der Waals surface area contributed by atoms with E-state index >= 15 is 0 Å². The van der Waals surface area contributed by atoms with Gasteiger partial charge in [-0.25, -0.2) is 8.42 Å². The van der Waals surface area contributed by atoms with Crippen LogP contribution in [-0.2, 0) is 21.3 Å². The molecule has 0 saturated heterocycles. The van der Waals surface area contributed by atoms with E-state index in [1.165, 1.54) is 4.31 Å². The molecule has 1 aliphatic rings. The van der Waals surface area contributed by atoms with E-state index in [4.69, 9.17) is 10.5 Å². The highest BCUT2D eigenvalue weighted by molar-refractivity contribution is 7.89. The third-order valence-corrected chi connectivity index (χ3v) is 5.23. The Hall–Kier alpha value is -1.21. The molecule has 0 amide bonds. The third-order valence-electron chi connectivity index (χ3n) is 3.37. The Morgan fingerprint density at radius 3 is 2.80 bits per heavy atom. The summed E-state index contributed by atoms with van der Waals surface area (Å²) in [5.41, 5.74) is 7.53. The Morgan fingerprint density at radius 1 is 1.40 bits per heavy atom. The summed E-state index contributed by atoms with van der Waals surface area (Å²) in [5.74, 6) is 0. The zero-order valence-corrected chi connectivity index (χ0v) is 12.4. The van der Waals surface area contributed by atoms with Gasteiger partial charge in [0.1, 0.15) is 0 Å². The van der Waals surface area contributed by atoms with Crippen molar-refractivity contribution in [2.75, 3.05) is 26.8 Å². The maximum absolute atomic E-state index is 12.5. The normalized spacial score (nSPS) is 17.0. The maximum Gasteiger partial charge on any atom is 0.243 e. The van der Waals surface area contributed by atoms with Crippen molar-refractivity contribution in [1.29, 1.82) is 0 Å². The molecule has 6 heteroatoms. The second-order valence-electron chi connectivity index (χ2n) is 4.76. The first-order valence-corrected chi connectivity index (χ1v) is 7.98. The lowest BCUT2D eigenvalue weighted by Crippen LogP contribution is -2.35. The van der Waals surface area contributed by atoms with Crippen molar-refractivity contribution in [3.8, 4) is 0 Å². The van der Waals surface area contributed by atoms with Gasteiger partial charge in [0.05, 0.1) is 11.5 Å². The molecule has 20 heavy (non-hydrogen) atoms. The van der Waals surface area contributed by atoms with E-state index in [1.807, 2.05) is 12.1 Å². The molecule has 1 aromatic rings. The zero-order chi connectivity index (χ0) is 14.6. The number of hydrogen-bond donors (Lipinski definition) is 1. The van der Waals surface area contributed by atoms with Crippen LogP contribution in [0.3, 0.4) is 0 Å². The minimum absolute atomic E-state index is 0.309. The lowest BCUT2D eigenvalue weighted by molar-refractivity contribution is 0.219. The Bertz CT molecular complexity index is 596. The van der Waals surface area contributed by atoms with Crippen molar-refractivity contribution in [3.05, 3.63) is 41.5 Å². The predicted molar refractivity (Wildman–Crippen MR) is 77.7 cm³/mol. The summed E-state index contributed by atoms with van der Waals surface area (Å²) in [5, 5.41) is 0. The quantitative estimate of drug-likeness (QED) is 0.826. The number of nitrogens with two attached hydrogens (primary N) is 1. The fourth-order valence-electron chi connectivity index (χ4n) is 2.21. The molecule has 0 spiro atoms. The average molecular weight is 296 g/mol. The number of methoxy groups -OCH3 is 1. The van der Waals surface area contributed by atoms with Gasteiger partial charge in [0, 0.05) is 26.7 Å². The molecule has 0 aliphatic carbocycles. The molecule has 0 bridgehead atoms. The second-order valence-corrected chi connectivity index (χ2v) is 6.70. The van der Waals surface area contributed by atoms with Gasteiger partial charge < -0.3 is 10.5 Å². The molecule has 0 atom stereocenters. The van der Waals surface area contributed by atoms with Crippen LogP contribution in [0.5, 0.6) is 0 Å². The zero-order valence-electron chi connectivity index (χ0n) is 11.6. The number of ether oxygens (including phenoxy) is 1. The summed E-state index contributed by atoms with van der Waals surface area (Å²) in [7, 11) is -1.80. The van der Waals surface area contributed by atoms with E-state index in [0.29, 0.717) is 37.6 Å². The molecule has 0 saturated carbocycles. The number of benzene rings is 1. The summed E-state index contributed by atoms with van der Waals surface area (Å²) in [6.45, 7) is 1.79. The van der Waals surface area contributed by atoms with Crippen LogP contribution < -0.4 is 5.73 Å². The molecule has 1 aromatic carbocycles. The molecule has 2 rings (SSSR count). The Kier molecular flexibility index (Phi) is 4.93. The highest BCUT2D eigenvalue weighted by Crippen LogP contribution is 2.21. The van der Waals surface area contributed by atoms with Crippen LogP contribution in [-0.4, -0.2) is 39.5 Å². The smallest absolute Gasteiger partial charge is 0.243 e. The van der Waals surface area contributed by atoms with Crippen molar-refractivity contribution in [1.82, 2.24) is 4.31 Å². The number of sulfonamides is 1. The summed E-state index contributed by atoms with van der Waals surface area (Å²) < 4.78 is 31.6. The maximum atomic E-state index is 12.5. The Morgan fingerprint density at radius 2 is 2.20 bits per heavy atom. The first kappa shape index (κ1) is 15.2. The van der Waals surface area contributed by atoms with Crippen LogP contribution in [0.2, 0.25) is 0 Å². The molecule has 0 unspecified atom stereocenters. The fourth-order valence-corrected chi connectivity index (χ4v) is 3.66. The summed E-state index contributed by atoms with van der Waals surface area (Å²) in [6.07, 6.45) is 2.64. The van der Waals surface area contributed by atoms with Gasteiger partial charge in [0.25, 0.3) is 0 Å². The van der Waals surface area contributed by atoms with E-state index in [9.17, 15) is 8.42 Å². The van der Waals surface area contributed by atoms with Crippen molar-refractivity contribution >= 4 is 10.0 Å². The number of hydrogen-bond acceptors (Lipinski definition) is 4. The van der Waals surface area contributed by atoms with Gasteiger partial charge in [-0.15, -0.1) is 0 Å². The predicted octanol–water partition coefficient (Wildman–Crippen LogP) is 1.11. The first-order chi connectivity index (χ1) is 9.57. The molecule has 1 heterocycles. The fraction of sp³-hybridized carbons (Fsp3) is 0.429. The Labute approximate surface area is 120 Å². The van der Waals surface area contributed by atoms with Crippen molar-refractivity contribution < 1.29 is 13.2 Å². The van der Waals surface area contributed by atoms with E-state index in [1.54, 1.807) is 25.3 Å². The van der Waals surface area contributed by atoms with Gasteiger partial charge in [-0.1, -0.05) is 18.2 Å². The Balaban J connectivity index is 2.19. The van der Waals surface area contributed by atoms with Gasteiger partial charge in [0.15, 0.2) is 0 Å². The molecule has 2 N–H and O–H groups in total. The average Bonchev–Trinajstić information content (AvgIpc) is 2.48. The van der Waals surface area contributed by atoms with Gasteiger partial charge in [-0.05, 0) is 29.7 Å². The molecule has 0 fully saturated rings. The van der Waals surface area contributed by atoms with Crippen molar-refractivity contribution in [2.24, 2.45) is 5.73 Å². The lowest BCUT2D eigenvalue weighted by atomic mass is 10.1. The van der Waals surface area contributed by atoms with Crippen LogP contribution in [0.4, 0.5) is 0 Å². The second kappa shape index (κ2) is 6.49. The van der Waals surface area contributed by atoms with Crippen molar-refractivity contribution in [2.45, 2.75) is 17.9 Å². The molecule has 1 aliphatic heterocycles. The van der Waals surface area contributed by atoms with E-state index in [2.05, 4.69) is 0 Å². The van der Waals surface area contributed by atoms with E-state index in [-0.39, 0.29) is 0 Å². The molecule has 0 radical (unpaired) electrons. The summed E-state index contributed by atoms with van der Waals surface area (Å²) in [6, 6.07) is 6.81. The molecule has 0 aromatic heterocycles. The topological polar surface area (TPSA) is 72.6 Å². The van der Waals surface area contributed by atoms with Gasteiger partial charge in [-0.2, -0.15) is 4.31 Å². The van der Waals surface area contributed by atoms with Crippen LogP contribution in [0.25, 0.3) is 0 Å². The van der Waals surface area contributed by atoms with Crippen LogP contribution >= 0.6 is 0 Å².